The summed E-state index contributed by atoms with van der Waals surface area (Å²) in [6, 6.07) is 6.87. The summed E-state index contributed by atoms with van der Waals surface area (Å²) in [5.41, 5.74) is 4.17. The van der Waals surface area contributed by atoms with Gasteiger partial charge in [0.25, 0.3) is 5.91 Å². The number of thiazole rings is 1. The number of benzene rings is 1. The molecule has 1 amide bonds. The van der Waals surface area contributed by atoms with Gasteiger partial charge in [0.15, 0.2) is 0 Å². The van der Waals surface area contributed by atoms with Gasteiger partial charge in [0.1, 0.15) is 10.7 Å². The van der Waals surface area contributed by atoms with Crippen LogP contribution < -0.4 is 5.32 Å². The van der Waals surface area contributed by atoms with Crippen LogP contribution in [-0.2, 0) is 0 Å². The Morgan fingerprint density at radius 2 is 2.04 bits per heavy atom. The van der Waals surface area contributed by atoms with Crippen molar-refractivity contribution in [2.45, 2.75) is 26.3 Å². The van der Waals surface area contributed by atoms with Crippen LogP contribution in [0.15, 0.2) is 23.6 Å². The first kappa shape index (κ1) is 17.6. The van der Waals surface area contributed by atoms with E-state index in [-0.39, 0.29) is 5.91 Å². The third-order valence-corrected chi connectivity index (χ3v) is 6.33. The van der Waals surface area contributed by atoms with Crippen molar-refractivity contribution < 1.29 is 4.79 Å². The second-order valence-electron chi connectivity index (χ2n) is 7.34. The molecule has 6 heteroatoms. The van der Waals surface area contributed by atoms with Crippen molar-refractivity contribution in [3.63, 3.8) is 0 Å². The highest BCUT2D eigenvalue weighted by Crippen LogP contribution is 2.28. The highest BCUT2D eigenvalue weighted by molar-refractivity contribution is 7.13. The second kappa shape index (κ2) is 7.47. The number of carbonyl (C=O) groups is 1. The molecule has 2 aromatic rings. The van der Waals surface area contributed by atoms with Crippen LogP contribution in [0.5, 0.6) is 0 Å². The summed E-state index contributed by atoms with van der Waals surface area (Å²) >= 11 is 1.56. The van der Waals surface area contributed by atoms with Crippen molar-refractivity contribution in [3.05, 3.63) is 40.4 Å². The largest absolute Gasteiger partial charge is 0.336 e. The molecule has 1 N–H and O–H groups in total. The summed E-state index contributed by atoms with van der Waals surface area (Å²) in [5, 5.41) is 6.24. The zero-order valence-electron chi connectivity index (χ0n) is 15.5. The summed E-state index contributed by atoms with van der Waals surface area (Å²) in [6.07, 6.45) is 1.07. The van der Waals surface area contributed by atoms with Crippen molar-refractivity contribution in [1.82, 2.24) is 20.1 Å². The van der Waals surface area contributed by atoms with Crippen LogP contribution >= 0.6 is 11.3 Å². The van der Waals surface area contributed by atoms with E-state index in [1.165, 1.54) is 11.1 Å². The highest BCUT2D eigenvalue weighted by Gasteiger charge is 2.32. The topological polar surface area (TPSA) is 48.5 Å². The molecule has 2 saturated heterocycles. The molecular formula is C20H26N4OS. The van der Waals surface area contributed by atoms with Crippen molar-refractivity contribution in [2.75, 3.05) is 39.3 Å². The molecule has 2 aliphatic heterocycles. The van der Waals surface area contributed by atoms with E-state index in [0.717, 1.165) is 56.3 Å². The van der Waals surface area contributed by atoms with E-state index < -0.39 is 0 Å². The van der Waals surface area contributed by atoms with Gasteiger partial charge in [-0.25, -0.2) is 4.98 Å². The van der Waals surface area contributed by atoms with Gasteiger partial charge in [-0.3, -0.25) is 9.69 Å². The summed E-state index contributed by atoms with van der Waals surface area (Å²) in [5.74, 6) is 0.0786. The standard InChI is InChI=1S/C20H26N4OS/c1-14-3-4-17(15(2)11-14)19-22-18(13-26-19)20(25)24-8-5-16(12-24)23-9-6-21-7-10-23/h3-4,11,13,16,21H,5-10,12H2,1-2H3. The Labute approximate surface area is 159 Å². The van der Waals surface area contributed by atoms with Crippen LogP contribution in [0.1, 0.15) is 28.0 Å². The van der Waals surface area contributed by atoms with E-state index in [4.69, 9.17) is 0 Å². The molecule has 26 heavy (non-hydrogen) atoms. The number of aryl methyl sites for hydroxylation is 2. The number of likely N-dealkylation sites (tertiary alicyclic amines) is 1. The van der Waals surface area contributed by atoms with Crippen LogP contribution in [0.4, 0.5) is 0 Å². The molecule has 4 rings (SSSR count). The van der Waals surface area contributed by atoms with Crippen LogP contribution in [0.3, 0.4) is 0 Å². The van der Waals surface area contributed by atoms with Gasteiger partial charge >= 0.3 is 0 Å². The smallest absolute Gasteiger partial charge is 0.273 e. The maximum atomic E-state index is 12.9. The Morgan fingerprint density at radius 3 is 2.81 bits per heavy atom. The highest BCUT2D eigenvalue weighted by atomic mass is 32.1. The molecule has 1 aromatic carbocycles. The van der Waals surface area contributed by atoms with Gasteiger partial charge in [-0.2, -0.15) is 0 Å². The van der Waals surface area contributed by atoms with Crippen LogP contribution in [0.25, 0.3) is 10.6 Å². The molecule has 1 aromatic heterocycles. The molecule has 138 valence electrons. The second-order valence-corrected chi connectivity index (χ2v) is 8.19. The summed E-state index contributed by atoms with van der Waals surface area (Å²) in [4.78, 5) is 22.1. The first-order valence-corrected chi connectivity index (χ1v) is 10.3. The lowest BCUT2D eigenvalue weighted by atomic mass is 10.1. The van der Waals surface area contributed by atoms with Gasteiger partial charge in [0.05, 0.1) is 0 Å². The average Bonchev–Trinajstić information content (AvgIpc) is 3.32. The minimum atomic E-state index is 0.0786. The normalized spacial score (nSPS) is 21.3. The Hall–Kier alpha value is -1.76. The molecular weight excluding hydrogens is 344 g/mol. The maximum Gasteiger partial charge on any atom is 0.273 e. The number of nitrogens with zero attached hydrogens (tertiary/aromatic N) is 3. The predicted molar refractivity (Wildman–Crippen MR) is 106 cm³/mol. The average molecular weight is 371 g/mol. The van der Waals surface area contributed by atoms with Gasteiger partial charge in [-0.1, -0.05) is 23.8 Å². The molecule has 1 atom stereocenters. The minimum absolute atomic E-state index is 0.0786. The third kappa shape index (κ3) is 3.54. The van der Waals surface area contributed by atoms with Crippen LogP contribution in [-0.4, -0.2) is 66.0 Å². The van der Waals surface area contributed by atoms with Crippen molar-refractivity contribution in [1.29, 1.82) is 0 Å². The van der Waals surface area contributed by atoms with E-state index in [9.17, 15) is 4.79 Å². The van der Waals surface area contributed by atoms with Gasteiger partial charge in [0.2, 0.25) is 0 Å². The molecule has 0 bridgehead atoms. The number of aromatic nitrogens is 1. The van der Waals surface area contributed by atoms with Gasteiger partial charge in [-0.15, -0.1) is 11.3 Å². The van der Waals surface area contributed by atoms with E-state index in [1.807, 2.05) is 10.3 Å². The van der Waals surface area contributed by atoms with Crippen LogP contribution in [0, 0.1) is 13.8 Å². The molecule has 0 aliphatic carbocycles. The number of hydrogen-bond donors (Lipinski definition) is 1. The summed E-state index contributed by atoms with van der Waals surface area (Å²) < 4.78 is 0. The zero-order valence-corrected chi connectivity index (χ0v) is 16.3. The Kier molecular flexibility index (Phi) is 5.07. The molecule has 2 fully saturated rings. The number of nitrogens with one attached hydrogen (secondary N) is 1. The van der Waals surface area contributed by atoms with E-state index in [1.54, 1.807) is 11.3 Å². The van der Waals surface area contributed by atoms with Crippen LogP contribution in [0.2, 0.25) is 0 Å². The quantitative estimate of drug-likeness (QED) is 0.902. The number of rotatable bonds is 3. The first-order chi connectivity index (χ1) is 12.6. The Morgan fingerprint density at radius 1 is 1.23 bits per heavy atom. The number of amides is 1. The van der Waals surface area contributed by atoms with E-state index in [0.29, 0.717) is 11.7 Å². The lowest BCUT2D eigenvalue weighted by Gasteiger charge is -2.32. The number of carbonyl (C=O) groups excluding carboxylic acids is 1. The van der Waals surface area contributed by atoms with E-state index in [2.05, 4.69) is 47.2 Å². The lowest BCUT2D eigenvalue weighted by molar-refractivity contribution is 0.0768. The zero-order chi connectivity index (χ0) is 18.1. The molecule has 0 spiro atoms. The molecule has 5 nitrogen and oxygen atoms in total. The van der Waals surface area contributed by atoms with Gasteiger partial charge in [0, 0.05) is 56.3 Å². The molecule has 0 radical (unpaired) electrons. The molecule has 0 saturated carbocycles. The maximum absolute atomic E-state index is 12.9. The molecule has 1 unspecified atom stereocenters. The lowest BCUT2D eigenvalue weighted by Crippen LogP contribution is -2.49. The Balaban J connectivity index is 1.45. The van der Waals surface area contributed by atoms with Crippen molar-refractivity contribution in [2.24, 2.45) is 0 Å². The monoisotopic (exact) mass is 370 g/mol. The third-order valence-electron chi connectivity index (χ3n) is 5.45. The fourth-order valence-corrected chi connectivity index (χ4v) is 4.87. The van der Waals surface area contributed by atoms with E-state index >= 15 is 0 Å². The molecule has 2 aliphatic rings. The Bertz CT molecular complexity index is 797. The van der Waals surface area contributed by atoms with Crippen molar-refractivity contribution >= 4 is 17.2 Å². The predicted octanol–water partition coefficient (Wildman–Crippen LogP) is 2.55. The number of hydrogen-bond acceptors (Lipinski definition) is 5. The summed E-state index contributed by atoms with van der Waals surface area (Å²) in [6.45, 7) is 10.1. The summed E-state index contributed by atoms with van der Waals surface area (Å²) in [7, 11) is 0. The minimum Gasteiger partial charge on any atom is -0.336 e. The first-order valence-electron chi connectivity index (χ1n) is 9.39. The SMILES string of the molecule is Cc1ccc(-c2nc(C(=O)N3CCC(N4CCNCC4)C3)cs2)c(C)c1. The van der Waals surface area contributed by atoms with Crippen molar-refractivity contribution in [3.8, 4) is 10.6 Å². The van der Waals surface area contributed by atoms with Gasteiger partial charge < -0.3 is 10.2 Å². The fraction of sp³-hybridized carbons (Fsp3) is 0.500. The molecule has 3 heterocycles. The fourth-order valence-electron chi connectivity index (χ4n) is 3.98. The van der Waals surface area contributed by atoms with Gasteiger partial charge in [-0.05, 0) is 25.8 Å². The number of piperazine rings is 1.